The number of rotatable bonds is 10. The van der Waals surface area contributed by atoms with Crippen LogP contribution in [0.2, 0.25) is 10.0 Å². The SMILES string of the molecule is Cc1cc2c(cc(C(=O)NC(CO)c3ccc(S(=O)(=O)CC(=O)OCCCO)cc3)n2C)c(Cl)c1Cl. The highest BCUT2D eigenvalue weighted by molar-refractivity contribution is 7.92. The maximum Gasteiger partial charge on any atom is 0.321 e. The van der Waals surface area contributed by atoms with Crippen molar-refractivity contribution in [3.05, 3.63) is 63.3 Å². The average Bonchev–Trinajstić information content (AvgIpc) is 3.17. The monoisotopic (exact) mass is 556 g/mol. The lowest BCUT2D eigenvalue weighted by atomic mass is 10.1. The highest BCUT2D eigenvalue weighted by Crippen LogP contribution is 2.35. The van der Waals surface area contributed by atoms with E-state index in [9.17, 15) is 23.1 Å². The van der Waals surface area contributed by atoms with Crippen LogP contribution in [0.5, 0.6) is 0 Å². The van der Waals surface area contributed by atoms with Crippen molar-refractivity contribution in [3.8, 4) is 0 Å². The molecule has 1 unspecified atom stereocenters. The van der Waals surface area contributed by atoms with Crippen molar-refractivity contribution in [2.75, 3.05) is 25.6 Å². The first-order valence-corrected chi connectivity index (χ1v) is 13.4. The van der Waals surface area contributed by atoms with Crippen LogP contribution in [0.1, 0.15) is 34.1 Å². The van der Waals surface area contributed by atoms with Crippen molar-refractivity contribution < 1.29 is 33.0 Å². The summed E-state index contributed by atoms with van der Waals surface area (Å²) in [6, 6.07) is 8.10. The number of carbonyl (C=O) groups excluding carboxylic acids is 2. The maximum atomic E-state index is 13.0. The summed E-state index contributed by atoms with van der Waals surface area (Å²) in [5.74, 6) is -2.23. The third-order valence-corrected chi connectivity index (χ3v) is 8.23. The number of carbonyl (C=O) groups is 2. The summed E-state index contributed by atoms with van der Waals surface area (Å²) in [5, 5.41) is 22.7. The minimum Gasteiger partial charge on any atom is -0.465 e. The number of sulfone groups is 1. The Morgan fingerprint density at radius 2 is 1.78 bits per heavy atom. The Balaban J connectivity index is 1.77. The van der Waals surface area contributed by atoms with Gasteiger partial charge in [0.25, 0.3) is 5.91 Å². The molecule has 3 rings (SSSR count). The van der Waals surface area contributed by atoms with Crippen LogP contribution in [0.15, 0.2) is 41.3 Å². The van der Waals surface area contributed by atoms with Gasteiger partial charge in [0, 0.05) is 25.5 Å². The normalized spacial score (nSPS) is 12.5. The van der Waals surface area contributed by atoms with Crippen molar-refractivity contribution in [3.63, 3.8) is 0 Å². The van der Waals surface area contributed by atoms with E-state index in [2.05, 4.69) is 5.32 Å². The molecule has 0 aliphatic carbocycles. The van der Waals surface area contributed by atoms with Gasteiger partial charge in [-0.15, -0.1) is 0 Å². The maximum absolute atomic E-state index is 13.0. The fourth-order valence-corrected chi connectivity index (χ4v) is 5.22. The first-order chi connectivity index (χ1) is 17.0. The summed E-state index contributed by atoms with van der Waals surface area (Å²) in [7, 11) is -2.25. The number of aromatic nitrogens is 1. The second-order valence-electron chi connectivity index (χ2n) is 8.18. The predicted octanol–water partition coefficient (Wildman–Crippen LogP) is 2.96. The molecule has 3 aromatic rings. The Kier molecular flexibility index (Phi) is 9.02. The van der Waals surface area contributed by atoms with Gasteiger partial charge in [0.2, 0.25) is 0 Å². The second kappa shape index (κ2) is 11.6. The third kappa shape index (κ3) is 6.01. The number of nitrogens with zero attached hydrogens (tertiary/aromatic N) is 1. The van der Waals surface area contributed by atoms with E-state index in [-0.39, 0.29) is 24.5 Å². The van der Waals surface area contributed by atoms with Crippen LogP contribution in [-0.4, -0.2) is 60.6 Å². The Morgan fingerprint density at radius 1 is 1.11 bits per heavy atom. The number of halogens is 2. The first-order valence-electron chi connectivity index (χ1n) is 10.9. The van der Waals surface area contributed by atoms with E-state index in [4.69, 9.17) is 33.0 Å². The van der Waals surface area contributed by atoms with Crippen molar-refractivity contribution in [2.45, 2.75) is 24.3 Å². The van der Waals surface area contributed by atoms with Gasteiger partial charge in [0.1, 0.15) is 5.69 Å². The fraction of sp³-hybridized carbons (Fsp3) is 0.333. The largest absolute Gasteiger partial charge is 0.465 e. The van der Waals surface area contributed by atoms with Gasteiger partial charge >= 0.3 is 5.97 Å². The number of aliphatic hydroxyl groups excluding tert-OH is 2. The van der Waals surface area contributed by atoms with Gasteiger partial charge in [0.15, 0.2) is 15.6 Å². The topological polar surface area (TPSA) is 135 Å². The van der Waals surface area contributed by atoms with E-state index < -0.39 is 40.1 Å². The van der Waals surface area contributed by atoms with E-state index in [0.29, 0.717) is 26.7 Å². The third-order valence-electron chi connectivity index (χ3n) is 5.64. The summed E-state index contributed by atoms with van der Waals surface area (Å²) >= 11 is 12.6. The molecule has 0 radical (unpaired) electrons. The van der Waals surface area contributed by atoms with Crippen molar-refractivity contribution in [2.24, 2.45) is 7.05 Å². The predicted molar refractivity (Wildman–Crippen MR) is 136 cm³/mol. The molecule has 0 aliphatic rings. The Bertz CT molecular complexity index is 1390. The van der Waals surface area contributed by atoms with E-state index in [0.717, 1.165) is 11.1 Å². The van der Waals surface area contributed by atoms with Crippen LogP contribution < -0.4 is 5.32 Å². The molecule has 0 saturated carbocycles. The number of hydrogen-bond donors (Lipinski definition) is 3. The molecule has 36 heavy (non-hydrogen) atoms. The molecule has 194 valence electrons. The number of aliphatic hydroxyl groups is 2. The van der Waals surface area contributed by atoms with Crippen LogP contribution in [0, 0.1) is 6.92 Å². The zero-order valence-electron chi connectivity index (χ0n) is 19.6. The zero-order chi connectivity index (χ0) is 26.6. The van der Waals surface area contributed by atoms with Gasteiger partial charge in [-0.3, -0.25) is 9.59 Å². The molecule has 0 fully saturated rings. The molecule has 1 amide bonds. The number of aryl methyl sites for hydroxylation is 2. The highest BCUT2D eigenvalue weighted by Gasteiger charge is 2.23. The smallest absolute Gasteiger partial charge is 0.321 e. The molecular weight excluding hydrogens is 531 g/mol. The lowest BCUT2D eigenvalue weighted by Gasteiger charge is -2.17. The molecule has 2 aromatic carbocycles. The van der Waals surface area contributed by atoms with Crippen LogP contribution in [-0.2, 0) is 26.4 Å². The van der Waals surface area contributed by atoms with Crippen LogP contribution in [0.25, 0.3) is 10.9 Å². The molecular formula is C24H26Cl2N2O7S. The van der Waals surface area contributed by atoms with Gasteiger partial charge in [-0.2, -0.15) is 0 Å². The van der Waals surface area contributed by atoms with Gasteiger partial charge < -0.3 is 24.8 Å². The molecule has 0 aliphatic heterocycles. The van der Waals surface area contributed by atoms with Gasteiger partial charge in [-0.25, -0.2) is 8.42 Å². The van der Waals surface area contributed by atoms with E-state index in [1.807, 2.05) is 13.0 Å². The number of fused-ring (bicyclic) bond motifs is 1. The summed E-state index contributed by atoms with van der Waals surface area (Å²) in [6.07, 6.45) is 0.216. The number of hydrogen-bond acceptors (Lipinski definition) is 7. The van der Waals surface area contributed by atoms with Crippen molar-refractivity contribution >= 4 is 55.8 Å². The van der Waals surface area contributed by atoms with Gasteiger partial charge in [-0.05, 0) is 42.3 Å². The Morgan fingerprint density at radius 3 is 2.39 bits per heavy atom. The molecule has 9 nitrogen and oxygen atoms in total. The molecule has 1 heterocycles. The molecule has 1 atom stereocenters. The number of amides is 1. The molecule has 0 bridgehead atoms. The highest BCUT2D eigenvalue weighted by atomic mass is 35.5. The van der Waals surface area contributed by atoms with Crippen LogP contribution in [0.3, 0.4) is 0 Å². The van der Waals surface area contributed by atoms with Crippen LogP contribution in [0.4, 0.5) is 0 Å². The molecule has 12 heteroatoms. The summed E-state index contributed by atoms with van der Waals surface area (Å²) in [4.78, 5) is 24.7. The lowest BCUT2D eigenvalue weighted by molar-refractivity contribution is -0.140. The van der Waals surface area contributed by atoms with E-state index in [1.165, 1.54) is 24.3 Å². The zero-order valence-corrected chi connectivity index (χ0v) is 22.0. The van der Waals surface area contributed by atoms with E-state index >= 15 is 0 Å². The van der Waals surface area contributed by atoms with E-state index in [1.54, 1.807) is 17.7 Å². The van der Waals surface area contributed by atoms with Crippen molar-refractivity contribution in [1.82, 2.24) is 9.88 Å². The van der Waals surface area contributed by atoms with Gasteiger partial charge in [-0.1, -0.05) is 35.3 Å². The summed E-state index contributed by atoms with van der Waals surface area (Å²) in [5.41, 5.74) is 2.25. The molecule has 3 N–H and O–H groups in total. The number of ether oxygens (including phenoxy) is 1. The fourth-order valence-electron chi connectivity index (χ4n) is 3.65. The van der Waals surface area contributed by atoms with Crippen molar-refractivity contribution in [1.29, 1.82) is 0 Å². The number of benzene rings is 2. The lowest BCUT2D eigenvalue weighted by Crippen LogP contribution is -2.32. The number of esters is 1. The molecule has 0 spiro atoms. The average molecular weight is 557 g/mol. The standard InChI is InChI=1S/C24H26Cl2N2O7S/c1-14-10-19-17(23(26)22(14)25)11-20(28(19)2)24(32)27-18(12-30)15-4-6-16(7-5-15)36(33,34)13-21(31)35-9-3-8-29/h4-7,10-11,18,29-30H,3,8-9,12-13H2,1-2H3,(H,27,32). The Hall–Kier alpha value is -2.63. The minimum absolute atomic E-state index is 0.0722. The minimum atomic E-state index is -3.96. The number of nitrogens with one attached hydrogen (secondary N) is 1. The first kappa shape index (κ1) is 27.9. The summed E-state index contributed by atoms with van der Waals surface area (Å²) < 4.78 is 31.4. The quantitative estimate of drug-likeness (QED) is 0.258. The second-order valence-corrected chi connectivity index (χ2v) is 10.9. The van der Waals surface area contributed by atoms with Gasteiger partial charge in [0.05, 0.1) is 39.7 Å². The molecule has 1 aromatic heterocycles. The summed E-state index contributed by atoms with van der Waals surface area (Å²) in [6.45, 7) is 1.13. The Labute approximate surface area is 218 Å². The molecule has 0 saturated heterocycles. The van der Waals surface area contributed by atoms with Crippen LogP contribution >= 0.6 is 23.2 Å².